The summed E-state index contributed by atoms with van der Waals surface area (Å²) in [5.74, 6) is 1.06. The number of para-hydroxylation sites is 1. The molecule has 0 bridgehead atoms. The summed E-state index contributed by atoms with van der Waals surface area (Å²) in [6.07, 6.45) is -0.260. The molecule has 122 valence electrons. The van der Waals surface area contributed by atoms with Gasteiger partial charge in [-0.3, -0.25) is 4.79 Å². The molecule has 0 saturated carbocycles. The molecule has 0 fully saturated rings. The van der Waals surface area contributed by atoms with Crippen molar-refractivity contribution in [2.75, 3.05) is 19.5 Å². The standard InChI is InChI=1S/C18H21NO4/c1-22-14-8-9-15(17(12-14)23-2)16(20)10-11-18(21)19-13-6-4-3-5-7-13/h3-9,12,16,20H,10-11H2,1-2H3,(H,19,21). The number of rotatable bonds is 7. The van der Waals surface area contributed by atoms with Gasteiger partial charge in [0.25, 0.3) is 0 Å². The van der Waals surface area contributed by atoms with Gasteiger partial charge in [0.1, 0.15) is 11.5 Å². The molecule has 2 rings (SSSR count). The van der Waals surface area contributed by atoms with E-state index < -0.39 is 6.10 Å². The molecule has 2 aromatic carbocycles. The molecule has 5 nitrogen and oxygen atoms in total. The van der Waals surface area contributed by atoms with Crippen LogP contribution >= 0.6 is 0 Å². The van der Waals surface area contributed by atoms with Crippen molar-refractivity contribution in [3.63, 3.8) is 0 Å². The molecular weight excluding hydrogens is 294 g/mol. The lowest BCUT2D eigenvalue weighted by molar-refractivity contribution is -0.116. The number of anilines is 1. The Balaban J connectivity index is 1.94. The number of carbonyl (C=O) groups is 1. The van der Waals surface area contributed by atoms with E-state index in [4.69, 9.17) is 9.47 Å². The van der Waals surface area contributed by atoms with E-state index in [2.05, 4.69) is 5.32 Å². The molecule has 0 spiro atoms. The molecule has 0 aliphatic carbocycles. The summed E-state index contributed by atoms with van der Waals surface area (Å²) in [6.45, 7) is 0. The van der Waals surface area contributed by atoms with Crippen molar-refractivity contribution in [1.29, 1.82) is 0 Å². The van der Waals surface area contributed by atoms with Crippen LogP contribution in [0.25, 0.3) is 0 Å². The Hall–Kier alpha value is -2.53. The molecule has 0 aliphatic heterocycles. The number of methoxy groups -OCH3 is 2. The quantitative estimate of drug-likeness (QED) is 0.823. The predicted molar refractivity (Wildman–Crippen MR) is 88.8 cm³/mol. The van der Waals surface area contributed by atoms with Gasteiger partial charge in [0.15, 0.2) is 0 Å². The zero-order valence-electron chi connectivity index (χ0n) is 13.3. The first kappa shape index (κ1) is 16.8. The summed E-state index contributed by atoms with van der Waals surface area (Å²) >= 11 is 0. The van der Waals surface area contributed by atoms with Gasteiger partial charge < -0.3 is 19.9 Å². The van der Waals surface area contributed by atoms with Crippen LogP contribution in [0, 0.1) is 0 Å². The smallest absolute Gasteiger partial charge is 0.224 e. The number of ether oxygens (including phenoxy) is 2. The summed E-state index contributed by atoms with van der Waals surface area (Å²) in [7, 11) is 3.10. The lowest BCUT2D eigenvalue weighted by Crippen LogP contribution is -2.13. The van der Waals surface area contributed by atoms with Crippen LogP contribution in [-0.2, 0) is 4.79 Å². The topological polar surface area (TPSA) is 67.8 Å². The zero-order valence-corrected chi connectivity index (χ0v) is 13.3. The van der Waals surface area contributed by atoms with Gasteiger partial charge in [-0.15, -0.1) is 0 Å². The number of benzene rings is 2. The van der Waals surface area contributed by atoms with Crippen molar-refractivity contribution in [3.05, 3.63) is 54.1 Å². The van der Waals surface area contributed by atoms with Crippen molar-refractivity contribution in [2.45, 2.75) is 18.9 Å². The molecule has 2 N–H and O–H groups in total. The number of nitrogens with one attached hydrogen (secondary N) is 1. The van der Waals surface area contributed by atoms with Gasteiger partial charge in [0, 0.05) is 23.7 Å². The highest BCUT2D eigenvalue weighted by atomic mass is 16.5. The lowest BCUT2D eigenvalue weighted by atomic mass is 10.0. The molecule has 0 heterocycles. The van der Waals surface area contributed by atoms with E-state index in [-0.39, 0.29) is 12.3 Å². The van der Waals surface area contributed by atoms with Gasteiger partial charge in [-0.1, -0.05) is 18.2 Å². The summed E-state index contributed by atoms with van der Waals surface area (Å²) in [5.41, 5.74) is 1.38. The molecule has 1 unspecified atom stereocenters. The van der Waals surface area contributed by atoms with E-state index in [0.29, 0.717) is 23.5 Å². The normalized spacial score (nSPS) is 11.6. The molecule has 0 radical (unpaired) electrons. The highest BCUT2D eigenvalue weighted by Crippen LogP contribution is 2.31. The van der Waals surface area contributed by atoms with Crippen LogP contribution < -0.4 is 14.8 Å². The van der Waals surface area contributed by atoms with Crippen LogP contribution in [0.4, 0.5) is 5.69 Å². The molecule has 1 atom stereocenters. The van der Waals surface area contributed by atoms with Crippen molar-refractivity contribution in [2.24, 2.45) is 0 Å². The van der Waals surface area contributed by atoms with Crippen molar-refractivity contribution in [1.82, 2.24) is 0 Å². The summed E-state index contributed by atoms with van der Waals surface area (Å²) in [5, 5.41) is 13.1. The molecule has 0 aliphatic rings. The molecule has 0 saturated heterocycles. The second-order valence-corrected chi connectivity index (χ2v) is 5.08. The van der Waals surface area contributed by atoms with Crippen LogP contribution in [0.5, 0.6) is 11.5 Å². The molecule has 5 heteroatoms. The zero-order chi connectivity index (χ0) is 16.7. The third-order valence-electron chi connectivity index (χ3n) is 3.50. The van der Waals surface area contributed by atoms with Crippen molar-refractivity contribution >= 4 is 11.6 Å². The third kappa shape index (κ3) is 4.72. The van der Waals surface area contributed by atoms with E-state index in [0.717, 1.165) is 5.69 Å². The molecular formula is C18H21NO4. The van der Waals surface area contributed by atoms with Gasteiger partial charge in [-0.2, -0.15) is 0 Å². The SMILES string of the molecule is COc1ccc(C(O)CCC(=O)Nc2ccccc2)c(OC)c1. The lowest BCUT2D eigenvalue weighted by Gasteiger charge is -2.15. The Morgan fingerprint density at radius 1 is 1.13 bits per heavy atom. The van der Waals surface area contributed by atoms with Crippen LogP contribution in [0.15, 0.2) is 48.5 Å². The number of amides is 1. The van der Waals surface area contributed by atoms with Gasteiger partial charge in [-0.05, 0) is 30.7 Å². The second kappa shape index (κ2) is 8.19. The maximum absolute atomic E-state index is 11.9. The summed E-state index contributed by atoms with van der Waals surface area (Å²) in [4.78, 5) is 11.9. The highest BCUT2D eigenvalue weighted by Gasteiger charge is 2.16. The fourth-order valence-electron chi connectivity index (χ4n) is 2.26. The van der Waals surface area contributed by atoms with Crippen molar-refractivity contribution < 1.29 is 19.4 Å². The first-order valence-corrected chi connectivity index (χ1v) is 7.39. The number of hydrogen-bond acceptors (Lipinski definition) is 4. The number of aliphatic hydroxyl groups excluding tert-OH is 1. The van der Waals surface area contributed by atoms with E-state index in [9.17, 15) is 9.90 Å². The molecule has 23 heavy (non-hydrogen) atoms. The van der Waals surface area contributed by atoms with E-state index >= 15 is 0 Å². The van der Waals surface area contributed by atoms with E-state index in [1.165, 1.54) is 7.11 Å². The Morgan fingerprint density at radius 3 is 2.52 bits per heavy atom. The first-order chi connectivity index (χ1) is 11.1. The number of carbonyl (C=O) groups excluding carboxylic acids is 1. The van der Waals surface area contributed by atoms with Gasteiger partial charge in [0.05, 0.1) is 20.3 Å². The van der Waals surface area contributed by atoms with Crippen molar-refractivity contribution in [3.8, 4) is 11.5 Å². The maximum atomic E-state index is 11.9. The fourth-order valence-corrected chi connectivity index (χ4v) is 2.26. The van der Waals surface area contributed by atoms with E-state index in [1.807, 2.05) is 30.3 Å². The largest absolute Gasteiger partial charge is 0.497 e. The number of aliphatic hydroxyl groups is 1. The molecule has 2 aromatic rings. The maximum Gasteiger partial charge on any atom is 0.224 e. The Morgan fingerprint density at radius 2 is 1.87 bits per heavy atom. The Kier molecular flexibility index (Phi) is 6.00. The molecule has 1 amide bonds. The van der Waals surface area contributed by atoms with Crippen LogP contribution in [0.3, 0.4) is 0 Å². The van der Waals surface area contributed by atoms with Gasteiger partial charge in [-0.25, -0.2) is 0 Å². The van der Waals surface area contributed by atoms with Gasteiger partial charge in [0.2, 0.25) is 5.91 Å². The average Bonchev–Trinajstić information content (AvgIpc) is 2.60. The van der Waals surface area contributed by atoms with Gasteiger partial charge >= 0.3 is 0 Å². The minimum atomic E-state index is -0.780. The third-order valence-corrected chi connectivity index (χ3v) is 3.50. The fraction of sp³-hybridized carbons (Fsp3) is 0.278. The second-order valence-electron chi connectivity index (χ2n) is 5.08. The summed E-state index contributed by atoms with van der Waals surface area (Å²) < 4.78 is 10.4. The average molecular weight is 315 g/mol. The minimum Gasteiger partial charge on any atom is -0.497 e. The van der Waals surface area contributed by atoms with Crippen LogP contribution in [0.2, 0.25) is 0 Å². The Bertz CT molecular complexity index is 643. The van der Waals surface area contributed by atoms with Crippen LogP contribution in [0.1, 0.15) is 24.5 Å². The van der Waals surface area contributed by atoms with Crippen LogP contribution in [-0.4, -0.2) is 25.2 Å². The highest BCUT2D eigenvalue weighted by molar-refractivity contribution is 5.90. The summed E-state index contributed by atoms with van der Waals surface area (Å²) in [6, 6.07) is 14.4. The Labute approximate surface area is 135 Å². The number of hydrogen-bond donors (Lipinski definition) is 2. The van der Waals surface area contributed by atoms with E-state index in [1.54, 1.807) is 25.3 Å². The first-order valence-electron chi connectivity index (χ1n) is 7.39. The molecule has 0 aromatic heterocycles. The predicted octanol–water partition coefficient (Wildman–Crippen LogP) is 3.16. The minimum absolute atomic E-state index is 0.136. The monoisotopic (exact) mass is 315 g/mol.